The lowest BCUT2D eigenvalue weighted by molar-refractivity contribution is -0.123. The molecular weight excluding hydrogens is 546 g/mol. The van der Waals surface area contributed by atoms with Crippen molar-refractivity contribution in [3.8, 4) is 0 Å². The lowest BCUT2D eigenvalue weighted by Gasteiger charge is -2.17. The zero-order valence-corrected chi connectivity index (χ0v) is 24.2. The van der Waals surface area contributed by atoms with E-state index in [1.807, 2.05) is 13.8 Å². The van der Waals surface area contributed by atoms with Crippen LogP contribution >= 0.6 is 0 Å². The van der Waals surface area contributed by atoms with Crippen molar-refractivity contribution in [2.45, 2.75) is 45.7 Å². The second-order valence-electron chi connectivity index (χ2n) is 10.1. The summed E-state index contributed by atoms with van der Waals surface area (Å²) in [6, 6.07) is 3.63. The van der Waals surface area contributed by atoms with Gasteiger partial charge in [-0.3, -0.25) is 14.4 Å². The van der Waals surface area contributed by atoms with Gasteiger partial charge in [0.05, 0.1) is 13.7 Å². The minimum atomic E-state index is -1.29. The van der Waals surface area contributed by atoms with Crippen LogP contribution in [0.4, 0.5) is 15.3 Å². The van der Waals surface area contributed by atoms with Gasteiger partial charge in [-0.05, 0) is 55.0 Å². The number of pyridine rings is 2. The second kappa shape index (κ2) is 14.1. The number of nitrogens with zero attached hydrogens (tertiary/aromatic N) is 5. The fraction of sp³-hybridized carbons (Fsp3) is 0.393. The Morgan fingerprint density at radius 1 is 1.19 bits per heavy atom. The lowest BCUT2D eigenvalue weighted by atomic mass is 10.0. The molecule has 0 aromatic carbocycles. The molecule has 3 N–H and O–H groups in total. The number of rotatable bonds is 11. The van der Waals surface area contributed by atoms with Crippen molar-refractivity contribution in [3.63, 3.8) is 0 Å². The molecular formula is C28H35N7O7. The number of anilines is 1. The minimum absolute atomic E-state index is 0.0797. The molecule has 0 radical (unpaired) electrons. The molecule has 0 aliphatic rings. The fourth-order valence-electron chi connectivity index (χ4n) is 4.17. The van der Waals surface area contributed by atoms with Crippen LogP contribution in [0.1, 0.15) is 38.1 Å². The molecule has 0 bridgehead atoms. The molecule has 0 aliphatic carbocycles. The second-order valence-corrected chi connectivity index (χ2v) is 10.1. The minimum Gasteiger partial charge on any atom is -0.464 e. The molecule has 0 spiro atoms. The monoisotopic (exact) mass is 581 g/mol. The predicted molar refractivity (Wildman–Crippen MR) is 154 cm³/mol. The van der Waals surface area contributed by atoms with Gasteiger partial charge in [-0.2, -0.15) is 0 Å². The van der Waals surface area contributed by atoms with E-state index < -0.39 is 29.7 Å². The number of methoxy groups -OCH3 is 1. The number of carbonyl (C=O) groups excluding carboxylic acids is 3. The van der Waals surface area contributed by atoms with Crippen molar-refractivity contribution in [2.24, 2.45) is 5.92 Å². The lowest BCUT2D eigenvalue weighted by Crippen LogP contribution is -2.44. The van der Waals surface area contributed by atoms with Crippen molar-refractivity contribution in [2.75, 3.05) is 26.5 Å². The van der Waals surface area contributed by atoms with Gasteiger partial charge < -0.3 is 29.9 Å². The summed E-state index contributed by atoms with van der Waals surface area (Å²) in [5.74, 6) is -0.532. The van der Waals surface area contributed by atoms with Gasteiger partial charge in [0.25, 0.3) is 5.56 Å². The molecule has 14 nitrogen and oxygen atoms in total. The molecule has 224 valence electrons. The van der Waals surface area contributed by atoms with Crippen LogP contribution in [-0.2, 0) is 27.3 Å². The molecule has 1 atom stereocenters. The van der Waals surface area contributed by atoms with Crippen LogP contribution in [0.3, 0.4) is 0 Å². The Bertz CT molecular complexity index is 1560. The van der Waals surface area contributed by atoms with Gasteiger partial charge in [0.1, 0.15) is 23.1 Å². The third kappa shape index (κ3) is 7.80. The maximum absolute atomic E-state index is 13.3. The third-order valence-corrected chi connectivity index (χ3v) is 6.23. The molecule has 0 saturated carbocycles. The van der Waals surface area contributed by atoms with E-state index >= 15 is 0 Å². The number of hydrogen-bond acceptors (Lipinski definition) is 8. The molecule has 3 amide bonds. The highest BCUT2D eigenvalue weighted by Crippen LogP contribution is 2.21. The summed E-state index contributed by atoms with van der Waals surface area (Å²) in [5.41, 5.74) is 0.757. The van der Waals surface area contributed by atoms with Crippen LogP contribution in [0.25, 0.3) is 11.2 Å². The highest BCUT2D eigenvalue weighted by atomic mass is 16.5. The van der Waals surface area contributed by atoms with Gasteiger partial charge >= 0.3 is 12.2 Å². The molecule has 1 unspecified atom stereocenters. The summed E-state index contributed by atoms with van der Waals surface area (Å²) in [6.45, 7) is 3.87. The molecule has 3 heterocycles. The molecule has 42 heavy (non-hydrogen) atoms. The number of fused-ring (bicyclic) bond motifs is 1. The van der Waals surface area contributed by atoms with E-state index in [1.54, 1.807) is 26.2 Å². The smallest absolute Gasteiger partial charge is 0.418 e. The van der Waals surface area contributed by atoms with Crippen LogP contribution in [0, 0.1) is 5.92 Å². The quantitative estimate of drug-likeness (QED) is 0.287. The number of amides is 3. The van der Waals surface area contributed by atoms with Gasteiger partial charge in [0.2, 0.25) is 11.8 Å². The summed E-state index contributed by atoms with van der Waals surface area (Å²) in [4.78, 5) is 72.3. The largest absolute Gasteiger partial charge is 0.464 e. The Hall–Kier alpha value is -5.01. The number of carbonyl (C=O) groups is 4. The first-order valence-corrected chi connectivity index (χ1v) is 13.2. The summed E-state index contributed by atoms with van der Waals surface area (Å²) in [6.07, 6.45) is 4.84. The van der Waals surface area contributed by atoms with Crippen molar-refractivity contribution in [1.82, 2.24) is 29.3 Å². The summed E-state index contributed by atoms with van der Waals surface area (Å²) >= 11 is 0. The van der Waals surface area contributed by atoms with Crippen LogP contribution in [0.2, 0.25) is 0 Å². The van der Waals surface area contributed by atoms with Crippen LogP contribution in [-0.4, -0.2) is 80.4 Å². The fourth-order valence-corrected chi connectivity index (χ4v) is 4.17. The first kappa shape index (κ1) is 31.5. The molecule has 3 aromatic rings. The van der Waals surface area contributed by atoms with E-state index in [0.717, 1.165) is 17.2 Å². The molecule has 3 aromatic heterocycles. The van der Waals surface area contributed by atoms with E-state index in [0.29, 0.717) is 17.9 Å². The average molecular weight is 582 g/mol. The maximum Gasteiger partial charge on any atom is 0.418 e. The van der Waals surface area contributed by atoms with Gasteiger partial charge in [-0.15, -0.1) is 0 Å². The Morgan fingerprint density at radius 2 is 1.93 bits per heavy atom. The predicted octanol–water partition coefficient (Wildman–Crippen LogP) is 2.45. The number of imidazole rings is 1. The number of carboxylic acid groups (broad SMARTS) is 1. The van der Waals surface area contributed by atoms with Crippen LogP contribution in [0.5, 0.6) is 0 Å². The zero-order valence-electron chi connectivity index (χ0n) is 24.2. The number of likely N-dealkylation sites (N-methyl/N-ethyl adjacent to an activating group) is 1. The van der Waals surface area contributed by atoms with Crippen molar-refractivity contribution in [1.29, 1.82) is 0 Å². The first-order valence-electron chi connectivity index (χ1n) is 13.2. The number of aromatic nitrogens is 4. The number of nitrogens with one attached hydrogen (secondary N) is 2. The van der Waals surface area contributed by atoms with Crippen LogP contribution < -0.4 is 16.2 Å². The Morgan fingerprint density at radius 3 is 2.57 bits per heavy atom. The molecule has 14 heteroatoms. The van der Waals surface area contributed by atoms with E-state index in [-0.39, 0.29) is 42.5 Å². The number of ether oxygens (including phenoxy) is 1. The van der Waals surface area contributed by atoms with E-state index in [2.05, 4.69) is 25.3 Å². The van der Waals surface area contributed by atoms with Gasteiger partial charge in [-0.1, -0.05) is 19.9 Å². The Kier molecular flexibility index (Phi) is 10.5. The third-order valence-electron chi connectivity index (χ3n) is 6.23. The van der Waals surface area contributed by atoms with Crippen molar-refractivity contribution < 1.29 is 29.0 Å². The molecule has 0 saturated heterocycles. The first-order chi connectivity index (χ1) is 19.9. The number of allylic oxidation sites excluding steroid dienone is 1. The van der Waals surface area contributed by atoms with Crippen molar-refractivity contribution >= 4 is 40.9 Å². The molecule has 0 fully saturated rings. The summed E-state index contributed by atoms with van der Waals surface area (Å²) in [5, 5.41) is 14.9. The van der Waals surface area contributed by atoms with Crippen LogP contribution in [0.15, 0.2) is 47.5 Å². The summed E-state index contributed by atoms with van der Waals surface area (Å²) in [7, 11) is 4.36. The summed E-state index contributed by atoms with van der Waals surface area (Å²) < 4.78 is 6.78. The number of alkyl carbamates (subject to hydrolysis) is 1. The molecule has 3 rings (SSSR count). The van der Waals surface area contributed by atoms with E-state index in [1.165, 1.54) is 40.1 Å². The highest BCUT2D eigenvalue weighted by Gasteiger charge is 2.23. The topological polar surface area (TPSA) is 178 Å². The zero-order chi connectivity index (χ0) is 31.0. The number of hydrogen-bond donors (Lipinski definition) is 3. The standard InChI is InChI=1S/C28H35N7O7/c1-17(2)15-18-12-13-29-24-23(18)32-21(35(24)28(40)41)16-34-14-8-10-20(26(34)38)30-25(37)19(31-27(39)42-5)9-6-7-11-22(36)33(3)4/h7-8,10-14,17,19H,6,9,15-16H2,1-5H3,(H,30,37)(H,31,39)(H,40,41)/b11-7+. The molecule has 0 aliphatic heterocycles. The van der Waals surface area contributed by atoms with Gasteiger partial charge in [0, 0.05) is 26.5 Å². The van der Waals surface area contributed by atoms with E-state index in [4.69, 9.17) is 0 Å². The average Bonchev–Trinajstić information content (AvgIpc) is 3.31. The maximum atomic E-state index is 13.3. The van der Waals surface area contributed by atoms with E-state index in [9.17, 15) is 29.1 Å². The van der Waals surface area contributed by atoms with Gasteiger partial charge in [0.15, 0.2) is 5.65 Å². The SMILES string of the molecule is COC(=O)NC(CC/C=C/C(=O)N(C)C)C(=O)Nc1cccn(Cc2nc3c(CC(C)C)ccnc3n2C(=O)O)c1=O. The van der Waals surface area contributed by atoms with Gasteiger partial charge in [-0.25, -0.2) is 24.1 Å². The highest BCUT2D eigenvalue weighted by molar-refractivity contribution is 5.96. The van der Waals surface area contributed by atoms with Crippen molar-refractivity contribution in [3.05, 3.63) is 64.5 Å². The Labute approximate surface area is 242 Å². The Balaban J connectivity index is 1.86. The normalized spacial score (nSPS) is 12.0.